The number of aromatic amines is 1. The van der Waals surface area contributed by atoms with Crippen LogP contribution in [0.1, 0.15) is 36.6 Å². The molecular formula is C16H18F3N3O. The Labute approximate surface area is 131 Å². The van der Waals surface area contributed by atoms with Crippen LogP contribution in [0.15, 0.2) is 18.2 Å². The second-order valence-corrected chi connectivity index (χ2v) is 6.09. The van der Waals surface area contributed by atoms with Gasteiger partial charge in [0.1, 0.15) is 12.2 Å². The van der Waals surface area contributed by atoms with E-state index < -0.39 is 18.5 Å². The summed E-state index contributed by atoms with van der Waals surface area (Å²) >= 11 is 0. The third-order valence-electron chi connectivity index (χ3n) is 4.24. The smallest absolute Gasteiger partial charge is 0.342 e. The van der Waals surface area contributed by atoms with Crippen LogP contribution in [0.5, 0.6) is 0 Å². The van der Waals surface area contributed by atoms with Gasteiger partial charge in [-0.3, -0.25) is 4.79 Å². The molecule has 124 valence electrons. The van der Waals surface area contributed by atoms with Gasteiger partial charge < -0.3 is 9.88 Å². The van der Waals surface area contributed by atoms with Crippen LogP contribution in [0.2, 0.25) is 0 Å². The van der Waals surface area contributed by atoms with Crippen molar-refractivity contribution in [2.75, 3.05) is 13.1 Å². The van der Waals surface area contributed by atoms with E-state index in [1.807, 2.05) is 25.1 Å². The van der Waals surface area contributed by atoms with E-state index >= 15 is 0 Å². The van der Waals surface area contributed by atoms with Crippen LogP contribution >= 0.6 is 0 Å². The lowest BCUT2D eigenvalue weighted by Crippen LogP contribution is -2.39. The fourth-order valence-electron chi connectivity index (χ4n) is 3.02. The maximum Gasteiger partial charge on any atom is 0.397 e. The molecule has 0 spiro atoms. The Hall–Kier alpha value is -2.05. The molecule has 0 bridgehead atoms. The van der Waals surface area contributed by atoms with Gasteiger partial charge in [0.25, 0.3) is 0 Å². The van der Waals surface area contributed by atoms with Gasteiger partial charge in [0, 0.05) is 19.0 Å². The van der Waals surface area contributed by atoms with Crippen molar-refractivity contribution in [3.8, 4) is 0 Å². The van der Waals surface area contributed by atoms with E-state index in [0.29, 0.717) is 25.9 Å². The summed E-state index contributed by atoms with van der Waals surface area (Å²) < 4.78 is 36.9. The van der Waals surface area contributed by atoms with Crippen LogP contribution < -0.4 is 0 Å². The number of likely N-dealkylation sites (tertiary alicyclic amines) is 1. The first-order chi connectivity index (χ1) is 10.8. The molecule has 2 aromatic rings. The molecule has 1 aliphatic rings. The molecule has 1 fully saturated rings. The van der Waals surface area contributed by atoms with Crippen LogP contribution in [-0.2, 0) is 4.79 Å². The van der Waals surface area contributed by atoms with Gasteiger partial charge in [0.15, 0.2) is 0 Å². The topological polar surface area (TPSA) is 49.0 Å². The Morgan fingerprint density at radius 1 is 1.35 bits per heavy atom. The fraction of sp³-hybridized carbons (Fsp3) is 0.500. The van der Waals surface area contributed by atoms with Crippen LogP contribution in [-0.4, -0.2) is 40.0 Å². The second kappa shape index (κ2) is 5.86. The van der Waals surface area contributed by atoms with Crippen LogP contribution in [0, 0.1) is 6.92 Å². The zero-order chi connectivity index (χ0) is 16.6. The first-order valence-electron chi connectivity index (χ1n) is 7.62. The lowest BCUT2D eigenvalue weighted by atomic mass is 9.96. The van der Waals surface area contributed by atoms with E-state index in [1.54, 1.807) is 0 Å². The highest BCUT2D eigenvalue weighted by molar-refractivity contribution is 5.77. The minimum atomic E-state index is -4.44. The number of hydrogen-bond donors (Lipinski definition) is 1. The maximum atomic E-state index is 12.3. The van der Waals surface area contributed by atoms with Gasteiger partial charge in [0.05, 0.1) is 11.0 Å². The summed E-state index contributed by atoms with van der Waals surface area (Å²) in [5.74, 6) is 0.169. The van der Waals surface area contributed by atoms with Crippen LogP contribution in [0.3, 0.4) is 0 Å². The highest BCUT2D eigenvalue weighted by Gasteiger charge is 2.35. The number of aromatic nitrogens is 2. The molecule has 0 aliphatic carbocycles. The van der Waals surface area contributed by atoms with E-state index in [9.17, 15) is 18.0 Å². The number of carbonyl (C=O) groups excluding carboxylic acids is 1. The quantitative estimate of drug-likeness (QED) is 0.918. The summed E-state index contributed by atoms with van der Waals surface area (Å²) in [5, 5.41) is 0. The van der Waals surface area contributed by atoms with Crippen molar-refractivity contribution < 1.29 is 18.0 Å². The van der Waals surface area contributed by atoms with E-state index in [0.717, 1.165) is 22.4 Å². The van der Waals surface area contributed by atoms with E-state index in [-0.39, 0.29) is 5.92 Å². The van der Waals surface area contributed by atoms with E-state index in [2.05, 4.69) is 9.97 Å². The summed E-state index contributed by atoms with van der Waals surface area (Å²) in [7, 11) is 0. The number of halogens is 3. The minimum Gasteiger partial charge on any atom is -0.342 e. The highest BCUT2D eigenvalue weighted by Crippen LogP contribution is 2.29. The molecule has 1 amide bonds. The zero-order valence-corrected chi connectivity index (χ0v) is 12.8. The number of nitrogens with zero attached hydrogens (tertiary/aromatic N) is 2. The van der Waals surface area contributed by atoms with Crippen molar-refractivity contribution in [2.24, 2.45) is 0 Å². The summed E-state index contributed by atoms with van der Waals surface area (Å²) in [5.41, 5.74) is 3.00. The van der Waals surface area contributed by atoms with Crippen molar-refractivity contribution in [1.29, 1.82) is 0 Å². The number of hydrogen-bond acceptors (Lipinski definition) is 2. The molecular weight excluding hydrogens is 307 g/mol. The van der Waals surface area contributed by atoms with Crippen LogP contribution in [0.4, 0.5) is 13.2 Å². The summed E-state index contributed by atoms with van der Waals surface area (Å²) in [4.78, 5) is 20.8. The zero-order valence-electron chi connectivity index (χ0n) is 12.8. The Morgan fingerprint density at radius 3 is 2.70 bits per heavy atom. The van der Waals surface area contributed by atoms with Crippen molar-refractivity contribution in [1.82, 2.24) is 14.9 Å². The molecule has 0 unspecified atom stereocenters. The number of H-pyrrole nitrogens is 1. The number of carbonyl (C=O) groups is 1. The lowest BCUT2D eigenvalue weighted by Gasteiger charge is -2.31. The van der Waals surface area contributed by atoms with Gasteiger partial charge in [0.2, 0.25) is 5.91 Å². The van der Waals surface area contributed by atoms with Gasteiger partial charge in [-0.25, -0.2) is 4.98 Å². The van der Waals surface area contributed by atoms with E-state index in [4.69, 9.17) is 0 Å². The molecule has 0 atom stereocenters. The predicted molar refractivity (Wildman–Crippen MR) is 80.1 cm³/mol. The van der Waals surface area contributed by atoms with Gasteiger partial charge in [-0.05, 0) is 37.5 Å². The number of nitrogens with one attached hydrogen (secondary N) is 1. The molecule has 23 heavy (non-hydrogen) atoms. The number of rotatable bonds is 2. The average molecular weight is 325 g/mol. The minimum absolute atomic E-state index is 0.151. The monoisotopic (exact) mass is 325 g/mol. The Morgan fingerprint density at radius 2 is 2.04 bits per heavy atom. The van der Waals surface area contributed by atoms with Crippen molar-refractivity contribution >= 4 is 16.9 Å². The number of imidazole rings is 1. The molecule has 0 saturated carbocycles. The highest BCUT2D eigenvalue weighted by atomic mass is 19.4. The van der Waals surface area contributed by atoms with Crippen molar-refractivity contribution in [3.63, 3.8) is 0 Å². The van der Waals surface area contributed by atoms with Gasteiger partial charge in [-0.2, -0.15) is 13.2 Å². The molecule has 3 rings (SSSR count). The fourth-order valence-corrected chi connectivity index (χ4v) is 3.02. The first-order valence-corrected chi connectivity index (χ1v) is 7.62. The third kappa shape index (κ3) is 3.65. The van der Waals surface area contributed by atoms with Gasteiger partial charge >= 0.3 is 6.18 Å². The second-order valence-electron chi connectivity index (χ2n) is 6.09. The van der Waals surface area contributed by atoms with Gasteiger partial charge in [-0.15, -0.1) is 0 Å². The lowest BCUT2D eigenvalue weighted by molar-refractivity contribution is -0.162. The molecule has 0 radical (unpaired) electrons. The molecule has 2 heterocycles. The normalized spacial score (nSPS) is 17.0. The number of piperidine rings is 1. The molecule has 1 aliphatic heterocycles. The van der Waals surface area contributed by atoms with Crippen molar-refractivity contribution in [2.45, 2.75) is 38.3 Å². The summed E-state index contributed by atoms with van der Waals surface area (Å²) in [6, 6.07) is 5.96. The van der Waals surface area contributed by atoms with Crippen LogP contribution in [0.25, 0.3) is 11.0 Å². The van der Waals surface area contributed by atoms with Crippen molar-refractivity contribution in [3.05, 3.63) is 29.6 Å². The third-order valence-corrected chi connectivity index (χ3v) is 4.24. The maximum absolute atomic E-state index is 12.3. The Balaban J connectivity index is 1.65. The van der Waals surface area contributed by atoms with Gasteiger partial charge in [-0.1, -0.05) is 6.07 Å². The Bertz CT molecular complexity index is 715. The average Bonchev–Trinajstić information content (AvgIpc) is 2.88. The summed E-state index contributed by atoms with van der Waals surface area (Å²) in [6.45, 7) is 2.69. The largest absolute Gasteiger partial charge is 0.397 e. The number of aryl methyl sites for hydroxylation is 1. The Kier molecular flexibility index (Phi) is 4.04. The number of benzene rings is 1. The number of fused-ring (bicyclic) bond motifs is 1. The number of alkyl halides is 3. The summed E-state index contributed by atoms with van der Waals surface area (Å²) in [6.07, 6.45) is -4.56. The molecule has 1 saturated heterocycles. The molecule has 7 heteroatoms. The standard InChI is InChI=1S/C16H18F3N3O/c1-10-2-3-12-13(8-10)21-15(20-12)11-4-6-22(7-5-11)14(23)9-16(17,18)19/h2-3,8,11H,4-7,9H2,1H3,(H,20,21). The first kappa shape index (κ1) is 15.8. The van der Waals surface area contributed by atoms with E-state index in [1.165, 1.54) is 4.90 Å². The molecule has 4 nitrogen and oxygen atoms in total. The molecule has 1 N–H and O–H groups in total. The SMILES string of the molecule is Cc1ccc2nc(C3CCN(C(=O)CC(F)(F)F)CC3)[nH]c2c1. The number of amides is 1. The predicted octanol–water partition coefficient (Wildman–Crippen LogP) is 3.53. The molecule has 1 aromatic carbocycles. The molecule has 1 aromatic heterocycles.